The van der Waals surface area contributed by atoms with E-state index in [1.807, 2.05) is 0 Å². The SMILES string of the molecule is OC(CNC1CC1)c1ccc(F)c(C(F)(F)F)c1. The number of aliphatic hydroxyl groups excluding tert-OH is 1. The highest BCUT2D eigenvalue weighted by atomic mass is 19.4. The van der Waals surface area contributed by atoms with Crippen LogP contribution < -0.4 is 5.32 Å². The lowest BCUT2D eigenvalue weighted by molar-refractivity contribution is -0.140. The molecule has 100 valence electrons. The van der Waals surface area contributed by atoms with Crippen molar-refractivity contribution >= 4 is 0 Å². The Bertz CT molecular complexity index is 429. The standard InChI is InChI=1S/C12H13F4NO/c13-10-4-1-7(5-9(10)12(14,15)16)11(18)6-17-8-2-3-8/h1,4-5,8,11,17-18H,2-3,6H2. The van der Waals surface area contributed by atoms with Gasteiger partial charge in [0.15, 0.2) is 0 Å². The largest absolute Gasteiger partial charge is 0.419 e. The molecule has 1 aliphatic rings. The molecule has 1 aliphatic carbocycles. The number of nitrogens with one attached hydrogen (secondary N) is 1. The maximum atomic E-state index is 13.0. The van der Waals surface area contributed by atoms with Crippen LogP contribution in [0.2, 0.25) is 0 Å². The Morgan fingerprint density at radius 3 is 2.56 bits per heavy atom. The highest BCUT2D eigenvalue weighted by Crippen LogP contribution is 2.33. The zero-order chi connectivity index (χ0) is 13.3. The molecule has 1 aromatic rings. The second-order valence-electron chi connectivity index (χ2n) is 4.44. The summed E-state index contributed by atoms with van der Waals surface area (Å²) in [4.78, 5) is 0. The van der Waals surface area contributed by atoms with Gasteiger partial charge in [0.25, 0.3) is 0 Å². The summed E-state index contributed by atoms with van der Waals surface area (Å²) in [6.45, 7) is 0.174. The van der Waals surface area contributed by atoms with E-state index in [1.54, 1.807) is 0 Å². The normalized spacial score (nSPS) is 17.8. The van der Waals surface area contributed by atoms with Gasteiger partial charge in [0, 0.05) is 12.6 Å². The predicted octanol–water partition coefficient (Wildman–Crippen LogP) is 2.63. The van der Waals surface area contributed by atoms with Crippen LogP contribution in [0, 0.1) is 5.82 Å². The zero-order valence-corrected chi connectivity index (χ0v) is 9.47. The van der Waals surface area contributed by atoms with Gasteiger partial charge in [0.2, 0.25) is 0 Å². The summed E-state index contributed by atoms with van der Waals surface area (Å²) in [5, 5.41) is 12.7. The van der Waals surface area contributed by atoms with Crippen LogP contribution in [0.1, 0.15) is 30.1 Å². The molecular formula is C12H13F4NO. The van der Waals surface area contributed by atoms with Crippen LogP contribution in [0.5, 0.6) is 0 Å². The maximum Gasteiger partial charge on any atom is 0.419 e. The third-order valence-corrected chi connectivity index (χ3v) is 2.86. The molecule has 1 saturated carbocycles. The minimum absolute atomic E-state index is 0.0666. The van der Waals surface area contributed by atoms with Gasteiger partial charge >= 0.3 is 6.18 Å². The average Bonchev–Trinajstić information content (AvgIpc) is 3.08. The van der Waals surface area contributed by atoms with Gasteiger partial charge in [-0.15, -0.1) is 0 Å². The van der Waals surface area contributed by atoms with E-state index >= 15 is 0 Å². The van der Waals surface area contributed by atoms with Gasteiger partial charge in [-0.05, 0) is 30.5 Å². The smallest absolute Gasteiger partial charge is 0.387 e. The molecule has 1 atom stereocenters. The van der Waals surface area contributed by atoms with Gasteiger partial charge < -0.3 is 10.4 Å². The van der Waals surface area contributed by atoms with Gasteiger partial charge in [-0.25, -0.2) is 4.39 Å². The lowest BCUT2D eigenvalue weighted by Crippen LogP contribution is -2.23. The monoisotopic (exact) mass is 263 g/mol. The molecule has 0 saturated heterocycles. The molecule has 1 unspecified atom stereocenters. The minimum Gasteiger partial charge on any atom is -0.387 e. The third kappa shape index (κ3) is 3.20. The maximum absolute atomic E-state index is 13.0. The van der Waals surface area contributed by atoms with Gasteiger partial charge in [0.1, 0.15) is 5.82 Å². The molecular weight excluding hydrogens is 250 g/mol. The van der Waals surface area contributed by atoms with E-state index in [4.69, 9.17) is 0 Å². The van der Waals surface area contributed by atoms with E-state index in [-0.39, 0.29) is 12.1 Å². The zero-order valence-electron chi connectivity index (χ0n) is 9.47. The predicted molar refractivity (Wildman–Crippen MR) is 57.4 cm³/mol. The van der Waals surface area contributed by atoms with Crippen LogP contribution >= 0.6 is 0 Å². The summed E-state index contributed by atoms with van der Waals surface area (Å²) in [6, 6.07) is 2.92. The summed E-state index contributed by atoms with van der Waals surface area (Å²) < 4.78 is 50.5. The molecule has 0 aromatic heterocycles. The Kier molecular flexibility index (Phi) is 3.59. The van der Waals surface area contributed by atoms with Crippen molar-refractivity contribution in [2.75, 3.05) is 6.54 Å². The summed E-state index contributed by atoms with van der Waals surface area (Å²) >= 11 is 0. The number of halogens is 4. The Labute approximate surface area is 102 Å². The number of hydrogen-bond acceptors (Lipinski definition) is 2. The number of hydrogen-bond donors (Lipinski definition) is 2. The van der Waals surface area contributed by atoms with Crippen molar-refractivity contribution in [1.29, 1.82) is 0 Å². The second-order valence-corrected chi connectivity index (χ2v) is 4.44. The van der Waals surface area contributed by atoms with Crippen molar-refractivity contribution in [3.63, 3.8) is 0 Å². The van der Waals surface area contributed by atoms with Crippen molar-refractivity contribution in [3.05, 3.63) is 35.1 Å². The molecule has 2 rings (SSSR count). The lowest BCUT2D eigenvalue weighted by Gasteiger charge is -2.15. The molecule has 0 spiro atoms. The number of rotatable bonds is 4. The molecule has 2 N–H and O–H groups in total. The van der Waals surface area contributed by atoms with Crippen LogP contribution in [-0.2, 0) is 6.18 Å². The van der Waals surface area contributed by atoms with Gasteiger partial charge in [-0.2, -0.15) is 13.2 Å². The molecule has 0 amide bonds. The number of benzene rings is 1. The molecule has 0 bridgehead atoms. The molecule has 6 heteroatoms. The van der Waals surface area contributed by atoms with Gasteiger partial charge in [-0.1, -0.05) is 6.07 Å². The second kappa shape index (κ2) is 4.85. The highest BCUT2D eigenvalue weighted by Gasteiger charge is 2.34. The summed E-state index contributed by atoms with van der Waals surface area (Å²) in [5.74, 6) is -1.33. The van der Waals surface area contributed by atoms with Crippen molar-refractivity contribution in [3.8, 4) is 0 Å². The third-order valence-electron chi connectivity index (χ3n) is 2.86. The highest BCUT2D eigenvalue weighted by molar-refractivity contribution is 5.29. The minimum atomic E-state index is -4.75. The fraction of sp³-hybridized carbons (Fsp3) is 0.500. The quantitative estimate of drug-likeness (QED) is 0.818. The summed E-state index contributed by atoms with van der Waals surface area (Å²) in [7, 11) is 0. The van der Waals surface area contributed by atoms with E-state index in [9.17, 15) is 22.7 Å². The van der Waals surface area contributed by atoms with E-state index in [1.165, 1.54) is 6.07 Å². The van der Waals surface area contributed by atoms with Gasteiger partial charge in [0.05, 0.1) is 11.7 Å². The molecule has 1 aromatic carbocycles. The molecule has 0 aliphatic heterocycles. The van der Waals surface area contributed by atoms with Crippen LogP contribution in [0.3, 0.4) is 0 Å². The Hall–Kier alpha value is -1.14. The van der Waals surface area contributed by atoms with E-state index in [0.29, 0.717) is 12.1 Å². The van der Waals surface area contributed by atoms with Crippen molar-refractivity contribution in [2.24, 2.45) is 0 Å². The molecule has 0 radical (unpaired) electrons. The molecule has 2 nitrogen and oxygen atoms in total. The lowest BCUT2D eigenvalue weighted by atomic mass is 10.0. The Morgan fingerprint density at radius 2 is 2.00 bits per heavy atom. The first-order valence-electron chi connectivity index (χ1n) is 5.66. The summed E-state index contributed by atoms with van der Waals surface area (Å²) in [6.07, 6.45) is -3.77. The van der Waals surface area contributed by atoms with E-state index in [2.05, 4.69) is 5.32 Å². The number of alkyl halides is 3. The first-order valence-corrected chi connectivity index (χ1v) is 5.66. The van der Waals surface area contributed by atoms with Crippen LogP contribution in [0.25, 0.3) is 0 Å². The van der Waals surface area contributed by atoms with Gasteiger partial charge in [-0.3, -0.25) is 0 Å². The first-order chi connectivity index (χ1) is 8.38. The van der Waals surface area contributed by atoms with E-state index in [0.717, 1.165) is 18.9 Å². The van der Waals surface area contributed by atoms with Crippen LogP contribution in [0.4, 0.5) is 17.6 Å². The first kappa shape index (κ1) is 13.3. The molecule has 1 fully saturated rings. The van der Waals surface area contributed by atoms with Crippen molar-refractivity contribution < 1.29 is 22.7 Å². The fourth-order valence-corrected chi connectivity index (χ4v) is 1.65. The topological polar surface area (TPSA) is 32.3 Å². The van der Waals surface area contributed by atoms with Crippen LogP contribution in [0.15, 0.2) is 18.2 Å². The van der Waals surface area contributed by atoms with Crippen LogP contribution in [-0.4, -0.2) is 17.7 Å². The van der Waals surface area contributed by atoms with E-state index < -0.39 is 23.7 Å². The number of aliphatic hydroxyl groups is 1. The Balaban J connectivity index is 2.12. The Morgan fingerprint density at radius 1 is 1.33 bits per heavy atom. The fourth-order valence-electron chi connectivity index (χ4n) is 1.65. The molecule has 18 heavy (non-hydrogen) atoms. The van der Waals surface area contributed by atoms with Crippen molar-refractivity contribution in [2.45, 2.75) is 31.2 Å². The average molecular weight is 263 g/mol. The summed E-state index contributed by atoms with van der Waals surface area (Å²) in [5.41, 5.74) is -1.28. The molecule has 0 heterocycles. The van der Waals surface area contributed by atoms with Crippen molar-refractivity contribution in [1.82, 2.24) is 5.32 Å².